The number of hydrogen-bond donors (Lipinski definition) is 0. The van der Waals surface area contributed by atoms with Gasteiger partial charge in [-0.25, -0.2) is 0 Å². The number of hydrogen-bond acceptors (Lipinski definition) is 5. The molecule has 0 radical (unpaired) electrons. The van der Waals surface area contributed by atoms with Gasteiger partial charge in [-0.2, -0.15) is 5.10 Å². The number of ether oxygens (including phenoxy) is 1. The Kier molecular flexibility index (Phi) is 3.91. The van der Waals surface area contributed by atoms with E-state index in [9.17, 15) is 10.1 Å². The Bertz CT molecular complexity index is 602. The zero-order chi connectivity index (χ0) is 13.8. The van der Waals surface area contributed by atoms with Crippen LogP contribution in [0.3, 0.4) is 0 Å². The van der Waals surface area contributed by atoms with Crippen LogP contribution in [0.2, 0.25) is 5.15 Å². The second kappa shape index (κ2) is 5.62. The summed E-state index contributed by atoms with van der Waals surface area (Å²) < 4.78 is 5.50. The molecular weight excluding hydrogens is 270 g/mol. The minimum absolute atomic E-state index is 0.0113. The van der Waals surface area contributed by atoms with Crippen LogP contribution < -0.4 is 4.74 Å². The fourth-order valence-electron chi connectivity index (χ4n) is 1.43. The number of rotatable bonds is 4. The summed E-state index contributed by atoms with van der Waals surface area (Å²) in [5, 5.41) is 18.5. The molecule has 0 unspecified atom stereocenters. The van der Waals surface area contributed by atoms with Gasteiger partial charge in [0, 0.05) is 6.07 Å². The van der Waals surface area contributed by atoms with Crippen molar-refractivity contribution in [2.24, 2.45) is 0 Å². The largest absolute Gasteiger partial charge is 0.487 e. The van der Waals surface area contributed by atoms with Crippen LogP contribution in [0, 0.1) is 17.0 Å². The van der Waals surface area contributed by atoms with Crippen molar-refractivity contribution in [1.82, 2.24) is 10.2 Å². The van der Waals surface area contributed by atoms with Gasteiger partial charge < -0.3 is 4.74 Å². The number of nitrogens with zero attached hydrogens (tertiary/aromatic N) is 3. The van der Waals surface area contributed by atoms with E-state index in [1.54, 1.807) is 18.2 Å². The molecule has 0 aliphatic carbocycles. The second-order valence-electron chi connectivity index (χ2n) is 3.84. The standard InChI is InChI=1S/C12H10ClN3O3/c1-8-2-4-10(16(17)18)6-11(8)19-7-9-3-5-12(13)15-14-9/h2-6H,7H2,1H3. The van der Waals surface area contributed by atoms with E-state index in [1.165, 1.54) is 12.1 Å². The van der Waals surface area contributed by atoms with Crippen molar-refractivity contribution in [3.05, 3.63) is 56.9 Å². The Morgan fingerprint density at radius 2 is 2.11 bits per heavy atom. The lowest BCUT2D eigenvalue weighted by molar-refractivity contribution is -0.385. The molecule has 98 valence electrons. The van der Waals surface area contributed by atoms with Crippen LogP contribution in [0.25, 0.3) is 0 Å². The fraction of sp³-hybridized carbons (Fsp3) is 0.167. The minimum Gasteiger partial charge on any atom is -0.487 e. The maximum atomic E-state index is 10.7. The molecule has 0 atom stereocenters. The summed E-state index contributed by atoms with van der Waals surface area (Å²) in [4.78, 5) is 10.2. The van der Waals surface area contributed by atoms with Crippen molar-refractivity contribution in [3.63, 3.8) is 0 Å². The fourth-order valence-corrected chi connectivity index (χ4v) is 1.53. The molecule has 1 aromatic heterocycles. The van der Waals surface area contributed by atoms with Gasteiger partial charge in [0.05, 0.1) is 11.0 Å². The van der Waals surface area contributed by atoms with E-state index in [0.29, 0.717) is 16.6 Å². The summed E-state index contributed by atoms with van der Waals surface area (Å²) in [6, 6.07) is 7.75. The van der Waals surface area contributed by atoms with Gasteiger partial charge in [-0.05, 0) is 30.7 Å². The molecule has 7 heteroatoms. The van der Waals surface area contributed by atoms with Crippen molar-refractivity contribution in [2.75, 3.05) is 0 Å². The lowest BCUT2D eigenvalue weighted by Gasteiger charge is -2.08. The normalized spacial score (nSPS) is 10.2. The summed E-state index contributed by atoms with van der Waals surface area (Å²) in [7, 11) is 0. The molecule has 0 saturated heterocycles. The summed E-state index contributed by atoms with van der Waals surface area (Å²) >= 11 is 5.62. The summed E-state index contributed by atoms with van der Waals surface area (Å²) in [6.07, 6.45) is 0. The van der Waals surface area contributed by atoms with Crippen molar-refractivity contribution < 1.29 is 9.66 Å². The van der Waals surface area contributed by atoms with Crippen LogP contribution in [0.15, 0.2) is 30.3 Å². The van der Waals surface area contributed by atoms with E-state index in [2.05, 4.69) is 10.2 Å². The van der Waals surface area contributed by atoms with Gasteiger partial charge in [-0.1, -0.05) is 11.6 Å². The van der Waals surface area contributed by atoms with Gasteiger partial charge in [-0.3, -0.25) is 10.1 Å². The molecule has 2 rings (SSSR count). The first kappa shape index (κ1) is 13.2. The Morgan fingerprint density at radius 1 is 1.32 bits per heavy atom. The van der Waals surface area contributed by atoms with Gasteiger partial charge in [0.2, 0.25) is 0 Å². The summed E-state index contributed by atoms with van der Waals surface area (Å²) in [5.41, 5.74) is 1.39. The third kappa shape index (κ3) is 3.38. The van der Waals surface area contributed by atoms with Crippen LogP contribution in [-0.4, -0.2) is 15.1 Å². The number of aryl methyl sites for hydroxylation is 1. The van der Waals surface area contributed by atoms with Crippen LogP contribution >= 0.6 is 11.6 Å². The molecule has 0 fully saturated rings. The molecule has 0 aliphatic rings. The lowest BCUT2D eigenvalue weighted by Crippen LogP contribution is -2.01. The topological polar surface area (TPSA) is 78.2 Å². The van der Waals surface area contributed by atoms with E-state index >= 15 is 0 Å². The first-order valence-electron chi connectivity index (χ1n) is 5.42. The van der Waals surface area contributed by atoms with Crippen LogP contribution in [-0.2, 0) is 6.61 Å². The SMILES string of the molecule is Cc1ccc([N+](=O)[O-])cc1OCc1ccc(Cl)nn1. The highest BCUT2D eigenvalue weighted by atomic mass is 35.5. The number of nitro groups is 1. The molecule has 0 aliphatic heterocycles. The first-order valence-corrected chi connectivity index (χ1v) is 5.80. The number of nitro benzene ring substituents is 1. The molecule has 1 aromatic carbocycles. The van der Waals surface area contributed by atoms with Crippen molar-refractivity contribution in [3.8, 4) is 5.75 Å². The maximum absolute atomic E-state index is 10.7. The number of non-ortho nitro benzene ring substituents is 1. The molecule has 0 N–H and O–H groups in total. The maximum Gasteiger partial charge on any atom is 0.273 e. The van der Waals surface area contributed by atoms with E-state index < -0.39 is 4.92 Å². The van der Waals surface area contributed by atoms with E-state index in [-0.39, 0.29) is 12.3 Å². The third-order valence-corrected chi connectivity index (χ3v) is 2.65. The van der Waals surface area contributed by atoms with Gasteiger partial charge in [0.25, 0.3) is 5.69 Å². The quantitative estimate of drug-likeness (QED) is 0.635. The average molecular weight is 280 g/mol. The van der Waals surface area contributed by atoms with Gasteiger partial charge in [-0.15, -0.1) is 5.10 Å². The molecule has 0 bridgehead atoms. The van der Waals surface area contributed by atoms with E-state index in [4.69, 9.17) is 16.3 Å². The minimum atomic E-state index is -0.464. The summed E-state index contributed by atoms with van der Waals surface area (Å²) in [5.74, 6) is 0.450. The van der Waals surface area contributed by atoms with E-state index in [1.807, 2.05) is 6.92 Å². The molecule has 0 spiro atoms. The molecule has 1 heterocycles. The molecule has 19 heavy (non-hydrogen) atoms. The molecule has 2 aromatic rings. The van der Waals surface area contributed by atoms with Gasteiger partial charge in [0.15, 0.2) is 5.15 Å². The number of aromatic nitrogens is 2. The number of benzene rings is 1. The Labute approximate surface area is 114 Å². The smallest absolute Gasteiger partial charge is 0.273 e. The average Bonchev–Trinajstić information content (AvgIpc) is 2.39. The Balaban J connectivity index is 2.12. The predicted molar refractivity (Wildman–Crippen MR) is 69.2 cm³/mol. The molecule has 6 nitrogen and oxygen atoms in total. The molecule has 0 saturated carbocycles. The highest BCUT2D eigenvalue weighted by Crippen LogP contribution is 2.24. The Morgan fingerprint density at radius 3 is 2.74 bits per heavy atom. The monoisotopic (exact) mass is 279 g/mol. The highest BCUT2D eigenvalue weighted by molar-refractivity contribution is 6.29. The second-order valence-corrected chi connectivity index (χ2v) is 4.23. The van der Waals surface area contributed by atoms with Crippen LogP contribution in [0.4, 0.5) is 5.69 Å². The van der Waals surface area contributed by atoms with Crippen LogP contribution in [0.1, 0.15) is 11.3 Å². The molecular formula is C12H10ClN3O3. The lowest BCUT2D eigenvalue weighted by atomic mass is 10.2. The zero-order valence-electron chi connectivity index (χ0n) is 10.0. The molecule has 0 amide bonds. The summed E-state index contributed by atoms with van der Waals surface area (Å²) in [6.45, 7) is 1.98. The van der Waals surface area contributed by atoms with Gasteiger partial charge in [0.1, 0.15) is 18.1 Å². The van der Waals surface area contributed by atoms with Crippen LogP contribution in [0.5, 0.6) is 5.75 Å². The highest BCUT2D eigenvalue weighted by Gasteiger charge is 2.10. The third-order valence-electron chi connectivity index (χ3n) is 2.45. The van der Waals surface area contributed by atoms with Gasteiger partial charge >= 0.3 is 0 Å². The number of halogens is 1. The van der Waals surface area contributed by atoms with E-state index in [0.717, 1.165) is 5.56 Å². The predicted octanol–water partition coefficient (Wildman–Crippen LogP) is 2.93. The van der Waals surface area contributed by atoms with Crippen molar-refractivity contribution in [2.45, 2.75) is 13.5 Å². The van der Waals surface area contributed by atoms with Crippen molar-refractivity contribution in [1.29, 1.82) is 0 Å². The van der Waals surface area contributed by atoms with Crippen molar-refractivity contribution >= 4 is 17.3 Å². The zero-order valence-corrected chi connectivity index (χ0v) is 10.8. The Hall–Kier alpha value is -2.21. The first-order chi connectivity index (χ1) is 9.06.